The van der Waals surface area contributed by atoms with Crippen molar-refractivity contribution in [2.75, 3.05) is 33.1 Å². The number of hydrogen-bond acceptors (Lipinski definition) is 4. The largest absolute Gasteiger partial charge is 0.493 e. The Hall–Kier alpha value is -2.15. The van der Waals surface area contributed by atoms with Gasteiger partial charge in [-0.15, -0.1) is 0 Å². The fourth-order valence-electron chi connectivity index (χ4n) is 5.35. The molecule has 2 N–H and O–H groups in total. The number of urea groups is 1. The van der Waals surface area contributed by atoms with Crippen LogP contribution >= 0.6 is 23.2 Å². The standard InChI is InChI=1S/C24H29Cl2N3O3/c1-29-12-11-24(15-7-8-19(31-2)20(13-15)32-3)10-9-16(14-21(24)29)27-23(30)28-22-17(25)5-4-6-18(22)26/h4-8,13,16,21H,9-12,14H2,1-3H3,(H2,27,28,30)/t16-,21+,24+/m1/s1. The van der Waals surface area contributed by atoms with Crippen molar-refractivity contribution in [2.24, 2.45) is 0 Å². The third-order valence-corrected chi connectivity index (χ3v) is 7.65. The second-order valence-electron chi connectivity index (χ2n) is 8.64. The summed E-state index contributed by atoms with van der Waals surface area (Å²) in [6.45, 7) is 1.02. The Kier molecular flexibility index (Phi) is 6.75. The van der Waals surface area contributed by atoms with Crippen LogP contribution in [0.25, 0.3) is 0 Å². The van der Waals surface area contributed by atoms with Crippen molar-refractivity contribution in [2.45, 2.75) is 43.2 Å². The van der Waals surface area contributed by atoms with Crippen LogP contribution < -0.4 is 20.1 Å². The van der Waals surface area contributed by atoms with Crippen molar-refractivity contribution in [1.82, 2.24) is 10.2 Å². The van der Waals surface area contributed by atoms with Crippen molar-refractivity contribution in [3.05, 3.63) is 52.0 Å². The molecule has 172 valence electrons. The highest BCUT2D eigenvalue weighted by Gasteiger charge is 2.50. The highest BCUT2D eigenvalue weighted by atomic mass is 35.5. The van der Waals surface area contributed by atoms with Crippen LogP contribution in [0.1, 0.15) is 31.2 Å². The number of carbonyl (C=O) groups excluding carboxylic acids is 1. The zero-order valence-corrected chi connectivity index (χ0v) is 20.1. The number of hydrogen-bond donors (Lipinski definition) is 2. The lowest BCUT2D eigenvalue weighted by molar-refractivity contribution is 0.156. The number of para-hydroxylation sites is 1. The number of nitrogens with one attached hydrogen (secondary N) is 2. The molecule has 6 nitrogen and oxygen atoms in total. The number of fused-ring (bicyclic) bond motifs is 1. The Morgan fingerprint density at radius 2 is 1.81 bits per heavy atom. The molecule has 0 radical (unpaired) electrons. The number of amides is 2. The molecule has 4 rings (SSSR count). The quantitative estimate of drug-likeness (QED) is 0.610. The van der Waals surface area contributed by atoms with Crippen LogP contribution in [0, 0.1) is 0 Å². The number of halogens is 2. The minimum atomic E-state index is -0.288. The average molecular weight is 478 g/mol. The first-order chi connectivity index (χ1) is 15.4. The Morgan fingerprint density at radius 3 is 2.50 bits per heavy atom. The monoisotopic (exact) mass is 477 g/mol. The molecular weight excluding hydrogens is 449 g/mol. The predicted octanol–water partition coefficient (Wildman–Crippen LogP) is 5.33. The topological polar surface area (TPSA) is 62.8 Å². The molecule has 1 aliphatic carbocycles. The third-order valence-electron chi connectivity index (χ3n) is 7.02. The summed E-state index contributed by atoms with van der Waals surface area (Å²) in [5.74, 6) is 1.49. The fourth-order valence-corrected chi connectivity index (χ4v) is 5.84. The fraction of sp³-hybridized carbons (Fsp3) is 0.458. The maximum Gasteiger partial charge on any atom is 0.319 e. The van der Waals surface area contributed by atoms with Gasteiger partial charge in [-0.3, -0.25) is 0 Å². The van der Waals surface area contributed by atoms with Gasteiger partial charge in [-0.1, -0.05) is 35.3 Å². The Morgan fingerprint density at radius 1 is 1.09 bits per heavy atom. The molecule has 1 aliphatic heterocycles. The number of anilines is 1. The zero-order valence-electron chi connectivity index (χ0n) is 18.6. The Balaban J connectivity index is 1.50. The van der Waals surface area contributed by atoms with Crippen LogP contribution in [0.3, 0.4) is 0 Å². The Labute approximate surface area is 199 Å². The number of likely N-dealkylation sites (tertiary alicyclic amines) is 1. The lowest BCUT2D eigenvalue weighted by Crippen LogP contribution is -2.52. The smallest absolute Gasteiger partial charge is 0.319 e. The number of ether oxygens (including phenoxy) is 2. The van der Waals surface area contributed by atoms with Gasteiger partial charge >= 0.3 is 6.03 Å². The number of methoxy groups -OCH3 is 2. The van der Waals surface area contributed by atoms with Crippen molar-refractivity contribution >= 4 is 34.9 Å². The third kappa shape index (κ3) is 4.24. The lowest BCUT2D eigenvalue weighted by Gasteiger charge is -2.45. The zero-order chi connectivity index (χ0) is 22.9. The number of nitrogens with zero attached hydrogens (tertiary/aromatic N) is 1. The molecule has 32 heavy (non-hydrogen) atoms. The van der Waals surface area contributed by atoms with Crippen LogP contribution in [0.15, 0.2) is 36.4 Å². The van der Waals surface area contributed by atoms with E-state index in [1.165, 1.54) is 5.56 Å². The summed E-state index contributed by atoms with van der Waals surface area (Å²) < 4.78 is 11.0. The molecule has 8 heteroatoms. The number of likely N-dealkylation sites (N-methyl/N-ethyl adjacent to an activating group) is 1. The molecule has 2 aromatic rings. The van der Waals surface area contributed by atoms with E-state index in [9.17, 15) is 4.79 Å². The van der Waals surface area contributed by atoms with E-state index in [2.05, 4.69) is 34.7 Å². The molecule has 2 fully saturated rings. The molecular formula is C24H29Cl2N3O3. The highest BCUT2D eigenvalue weighted by molar-refractivity contribution is 6.39. The van der Waals surface area contributed by atoms with E-state index in [0.717, 1.165) is 43.7 Å². The molecule has 2 amide bonds. The van der Waals surface area contributed by atoms with E-state index >= 15 is 0 Å². The molecule has 1 saturated heterocycles. The maximum atomic E-state index is 12.7. The van der Waals surface area contributed by atoms with Gasteiger partial charge in [0.25, 0.3) is 0 Å². The lowest BCUT2D eigenvalue weighted by atomic mass is 9.65. The van der Waals surface area contributed by atoms with E-state index in [1.54, 1.807) is 32.4 Å². The molecule has 0 aromatic heterocycles. The van der Waals surface area contributed by atoms with Crippen molar-refractivity contribution < 1.29 is 14.3 Å². The van der Waals surface area contributed by atoms with Crippen LogP contribution in [-0.4, -0.2) is 50.8 Å². The maximum absolute atomic E-state index is 12.7. The van der Waals surface area contributed by atoms with Crippen LogP contribution in [0.2, 0.25) is 10.0 Å². The van der Waals surface area contributed by atoms with Crippen molar-refractivity contribution in [3.63, 3.8) is 0 Å². The second-order valence-corrected chi connectivity index (χ2v) is 9.45. The summed E-state index contributed by atoms with van der Waals surface area (Å²) in [6, 6.07) is 11.5. The first kappa shape index (κ1) is 23.0. The first-order valence-electron chi connectivity index (χ1n) is 10.8. The summed E-state index contributed by atoms with van der Waals surface area (Å²) in [5, 5.41) is 6.77. The van der Waals surface area contributed by atoms with Gasteiger partial charge in [0.05, 0.1) is 30.0 Å². The molecule has 1 heterocycles. The summed E-state index contributed by atoms with van der Waals surface area (Å²) in [4.78, 5) is 15.1. The highest BCUT2D eigenvalue weighted by Crippen LogP contribution is 2.49. The summed E-state index contributed by atoms with van der Waals surface area (Å²) >= 11 is 12.4. The van der Waals surface area contributed by atoms with Gasteiger partial charge in [0.15, 0.2) is 11.5 Å². The van der Waals surface area contributed by atoms with E-state index in [0.29, 0.717) is 21.8 Å². The summed E-state index contributed by atoms with van der Waals surface area (Å²) in [6.07, 6.45) is 3.82. The first-order valence-corrected chi connectivity index (χ1v) is 11.6. The van der Waals surface area contributed by atoms with Gasteiger partial charge in [0.2, 0.25) is 0 Å². The van der Waals surface area contributed by atoms with Crippen molar-refractivity contribution in [3.8, 4) is 11.5 Å². The molecule has 0 spiro atoms. The molecule has 0 bridgehead atoms. The summed E-state index contributed by atoms with van der Waals surface area (Å²) in [7, 11) is 5.49. The normalized spacial score (nSPS) is 25.2. The van der Waals surface area contributed by atoms with Gasteiger partial charge in [0, 0.05) is 17.5 Å². The van der Waals surface area contributed by atoms with E-state index in [-0.39, 0.29) is 17.5 Å². The SMILES string of the molecule is COc1ccc([C@@]23CC[C@@H](NC(=O)Nc4c(Cl)cccc4Cl)C[C@@H]2N(C)CC3)cc1OC. The van der Waals surface area contributed by atoms with E-state index in [4.69, 9.17) is 32.7 Å². The molecule has 2 aromatic carbocycles. The van der Waals surface area contributed by atoms with Gasteiger partial charge in [0.1, 0.15) is 0 Å². The average Bonchev–Trinajstić information content (AvgIpc) is 3.13. The number of carbonyl (C=O) groups is 1. The van der Waals surface area contributed by atoms with Crippen LogP contribution in [0.4, 0.5) is 10.5 Å². The van der Waals surface area contributed by atoms with Gasteiger partial charge in [-0.2, -0.15) is 0 Å². The number of benzene rings is 2. The minimum Gasteiger partial charge on any atom is -0.493 e. The van der Waals surface area contributed by atoms with Crippen LogP contribution in [0.5, 0.6) is 11.5 Å². The molecule has 1 saturated carbocycles. The van der Waals surface area contributed by atoms with Gasteiger partial charge < -0.3 is 25.0 Å². The van der Waals surface area contributed by atoms with Crippen molar-refractivity contribution in [1.29, 1.82) is 0 Å². The van der Waals surface area contributed by atoms with Gasteiger partial charge in [-0.05, 0) is 69.1 Å². The molecule has 0 unspecified atom stereocenters. The molecule has 2 aliphatic rings. The van der Waals surface area contributed by atoms with Gasteiger partial charge in [-0.25, -0.2) is 4.79 Å². The Bertz CT molecular complexity index is 982. The predicted molar refractivity (Wildman–Crippen MR) is 129 cm³/mol. The van der Waals surface area contributed by atoms with Crippen LogP contribution in [-0.2, 0) is 5.41 Å². The number of rotatable bonds is 5. The van der Waals surface area contributed by atoms with E-state index < -0.39 is 0 Å². The van der Waals surface area contributed by atoms with E-state index in [1.807, 2.05) is 6.07 Å². The minimum absolute atomic E-state index is 0.0367. The summed E-state index contributed by atoms with van der Waals surface area (Å²) in [5.41, 5.74) is 1.74. The molecule has 3 atom stereocenters. The second kappa shape index (κ2) is 9.38.